The number of nitrogens with zero attached hydrogens (tertiary/aromatic N) is 4. The monoisotopic (exact) mass is 558 g/mol. The lowest BCUT2D eigenvalue weighted by Gasteiger charge is -2.18. The molecule has 1 unspecified atom stereocenters. The molecule has 1 fully saturated rings. The van der Waals surface area contributed by atoms with Gasteiger partial charge in [-0.05, 0) is 36.6 Å². The Morgan fingerprint density at radius 2 is 1.90 bits per heavy atom. The number of pyridine rings is 1. The van der Waals surface area contributed by atoms with Crippen LogP contribution < -0.4 is 15.6 Å². The summed E-state index contributed by atoms with van der Waals surface area (Å²) in [4.78, 5) is 21.8. The molecule has 4 aromatic rings. The van der Waals surface area contributed by atoms with Crippen LogP contribution in [0.1, 0.15) is 12.0 Å². The standard InChI is InChI=1S/C26H25F3N6O3S/c1-34-24-17(14-31-26(32-24)30-11-9-16-5-3-2-4-6-16)13-19(25(34)36)22-20(28)7-8-21(23(22)29)33-39(37,38)35-12-10-18(27)15-35/h2-8,13-14,18,33H,9-12,15H2,1H3,(H,30,31,32). The van der Waals surface area contributed by atoms with Gasteiger partial charge < -0.3 is 5.32 Å². The van der Waals surface area contributed by atoms with E-state index in [1.807, 2.05) is 35.1 Å². The Labute approximate surface area is 222 Å². The van der Waals surface area contributed by atoms with E-state index in [4.69, 9.17) is 0 Å². The predicted octanol–water partition coefficient (Wildman–Crippen LogP) is 3.63. The number of fused-ring (bicyclic) bond motifs is 1. The molecule has 1 atom stereocenters. The lowest BCUT2D eigenvalue weighted by atomic mass is 10.0. The smallest absolute Gasteiger partial charge is 0.301 e. The van der Waals surface area contributed by atoms with Gasteiger partial charge in [0.15, 0.2) is 5.82 Å². The molecule has 204 valence electrons. The van der Waals surface area contributed by atoms with Gasteiger partial charge in [0.2, 0.25) is 5.95 Å². The molecule has 2 aromatic carbocycles. The van der Waals surface area contributed by atoms with E-state index in [0.717, 1.165) is 33.0 Å². The minimum absolute atomic E-state index is 0.0253. The van der Waals surface area contributed by atoms with E-state index in [1.165, 1.54) is 19.3 Å². The molecular weight excluding hydrogens is 533 g/mol. The summed E-state index contributed by atoms with van der Waals surface area (Å²) in [6, 6.07) is 12.9. The summed E-state index contributed by atoms with van der Waals surface area (Å²) >= 11 is 0. The van der Waals surface area contributed by atoms with Crippen molar-refractivity contribution in [2.75, 3.05) is 29.7 Å². The van der Waals surface area contributed by atoms with E-state index in [9.17, 15) is 22.0 Å². The maximum atomic E-state index is 15.5. The summed E-state index contributed by atoms with van der Waals surface area (Å²) in [5.74, 6) is -2.05. The van der Waals surface area contributed by atoms with Crippen LogP contribution in [0.2, 0.25) is 0 Å². The first-order valence-corrected chi connectivity index (χ1v) is 13.6. The van der Waals surface area contributed by atoms with Crippen LogP contribution in [0.3, 0.4) is 0 Å². The van der Waals surface area contributed by atoms with Gasteiger partial charge in [0, 0.05) is 38.3 Å². The summed E-state index contributed by atoms with van der Waals surface area (Å²) in [7, 11) is -2.88. The van der Waals surface area contributed by atoms with Crippen molar-refractivity contribution in [2.45, 2.75) is 19.0 Å². The van der Waals surface area contributed by atoms with Crippen LogP contribution in [0.25, 0.3) is 22.2 Å². The highest BCUT2D eigenvalue weighted by Gasteiger charge is 2.32. The van der Waals surface area contributed by atoms with Gasteiger partial charge in [-0.3, -0.25) is 14.1 Å². The molecule has 1 aliphatic rings. The Morgan fingerprint density at radius 1 is 1.13 bits per heavy atom. The van der Waals surface area contributed by atoms with Gasteiger partial charge in [-0.25, -0.2) is 18.2 Å². The Morgan fingerprint density at radius 3 is 2.62 bits per heavy atom. The first-order valence-electron chi connectivity index (χ1n) is 12.2. The minimum Gasteiger partial charge on any atom is -0.354 e. The highest BCUT2D eigenvalue weighted by molar-refractivity contribution is 7.90. The Kier molecular flexibility index (Phi) is 7.28. The number of anilines is 2. The van der Waals surface area contributed by atoms with Crippen LogP contribution in [0, 0.1) is 11.6 Å². The maximum absolute atomic E-state index is 15.5. The third-order valence-corrected chi connectivity index (χ3v) is 8.01. The quantitative estimate of drug-likeness (QED) is 0.342. The highest BCUT2D eigenvalue weighted by Crippen LogP contribution is 2.31. The molecule has 13 heteroatoms. The summed E-state index contributed by atoms with van der Waals surface area (Å²) in [5.41, 5.74) is -0.969. The van der Waals surface area contributed by atoms with E-state index < -0.39 is 44.8 Å². The van der Waals surface area contributed by atoms with Crippen molar-refractivity contribution in [1.82, 2.24) is 18.8 Å². The first-order chi connectivity index (χ1) is 18.6. The zero-order valence-corrected chi connectivity index (χ0v) is 21.7. The minimum atomic E-state index is -4.29. The number of rotatable bonds is 8. The second-order valence-electron chi connectivity index (χ2n) is 9.19. The lowest BCUT2D eigenvalue weighted by molar-refractivity contribution is 0.343. The van der Waals surface area contributed by atoms with Crippen LogP contribution in [-0.2, 0) is 23.7 Å². The zero-order valence-electron chi connectivity index (χ0n) is 20.9. The van der Waals surface area contributed by atoms with Gasteiger partial charge in [-0.1, -0.05) is 30.3 Å². The van der Waals surface area contributed by atoms with Crippen LogP contribution in [0.5, 0.6) is 0 Å². The van der Waals surface area contributed by atoms with Crippen LogP contribution >= 0.6 is 0 Å². The van der Waals surface area contributed by atoms with Crippen molar-refractivity contribution in [3.05, 3.63) is 82.3 Å². The number of hydrogen-bond donors (Lipinski definition) is 2. The second kappa shape index (κ2) is 10.7. The number of halogens is 3. The van der Waals surface area contributed by atoms with Crippen LogP contribution in [0.4, 0.5) is 24.8 Å². The third-order valence-electron chi connectivity index (χ3n) is 6.52. The van der Waals surface area contributed by atoms with Gasteiger partial charge in [0.1, 0.15) is 17.6 Å². The fourth-order valence-corrected chi connectivity index (χ4v) is 5.73. The van der Waals surface area contributed by atoms with Crippen LogP contribution in [0.15, 0.2) is 59.5 Å². The number of aromatic nitrogens is 3. The summed E-state index contributed by atoms with van der Waals surface area (Å²) in [5, 5.41) is 3.45. The number of alkyl halides is 1. The van der Waals surface area contributed by atoms with E-state index >= 15 is 4.39 Å². The normalized spacial score (nSPS) is 16.1. The molecule has 0 radical (unpaired) electrons. The number of benzene rings is 2. The second-order valence-corrected chi connectivity index (χ2v) is 10.9. The molecule has 0 amide bonds. The summed E-state index contributed by atoms with van der Waals surface area (Å²) < 4.78 is 73.2. The molecule has 9 nitrogen and oxygen atoms in total. The molecule has 3 heterocycles. The Hall–Kier alpha value is -3.97. The van der Waals surface area contributed by atoms with Crippen molar-refractivity contribution >= 4 is 32.9 Å². The lowest BCUT2D eigenvalue weighted by Crippen LogP contribution is -2.34. The Balaban J connectivity index is 1.45. The molecule has 2 aromatic heterocycles. The zero-order chi connectivity index (χ0) is 27.7. The van der Waals surface area contributed by atoms with Gasteiger partial charge in [0.25, 0.3) is 5.56 Å². The fourth-order valence-electron chi connectivity index (χ4n) is 4.46. The molecule has 0 bridgehead atoms. The summed E-state index contributed by atoms with van der Waals surface area (Å²) in [6.07, 6.45) is 0.861. The molecule has 5 rings (SSSR count). The van der Waals surface area contributed by atoms with Gasteiger partial charge in [-0.2, -0.15) is 17.7 Å². The number of nitrogens with one attached hydrogen (secondary N) is 2. The van der Waals surface area contributed by atoms with Crippen molar-refractivity contribution < 1.29 is 21.6 Å². The van der Waals surface area contributed by atoms with E-state index in [-0.39, 0.29) is 36.7 Å². The number of aryl methyl sites for hydroxylation is 1. The van der Waals surface area contributed by atoms with Crippen molar-refractivity contribution in [3.63, 3.8) is 0 Å². The first kappa shape index (κ1) is 26.6. The molecule has 0 saturated carbocycles. The van der Waals surface area contributed by atoms with Crippen molar-refractivity contribution in [2.24, 2.45) is 7.05 Å². The molecule has 1 saturated heterocycles. The SMILES string of the molecule is Cn1c(=O)c(-c2c(F)ccc(NS(=O)(=O)N3CCC(F)C3)c2F)cc2cnc(NCCc3ccccc3)nc21. The van der Waals surface area contributed by atoms with E-state index in [2.05, 4.69) is 15.3 Å². The van der Waals surface area contributed by atoms with Gasteiger partial charge in [0.05, 0.1) is 16.8 Å². The third kappa shape index (κ3) is 5.45. The average molecular weight is 559 g/mol. The number of hydrogen-bond acceptors (Lipinski definition) is 6. The largest absolute Gasteiger partial charge is 0.354 e. The fraction of sp³-hybridized carbons (Fsp3) is 0.269. The average Bonchev–Trinajstić information content (AvgIpc) is 3.37. The molecule has 0 spiro atoms. The topological polar surface area (TPSA) is 109 Å². The molecule has 1 aliphatic heterocycles. The van der Waals surface area contributed by atoms with Gasteiger partial charge >= 0.3 is 10.2 Å². The molecule has 2 N–H and O–H groups in total. The van der Waals surface area contributed by atoms with Crippen LogP contribution in [-0.4, -0.2) is 53.1 Å². The molecule has 39 heavy (non-hydrogen) atoms. The van der Waals surface area contributed by atoms with E-state index in [1.54, 1.807) is 0 Å². The summed E-state index contributed by atoms with van der Waals surface area (Å²) in [6.45, 7) is 0.115. The predicted molar refractivity (Wildman–Crippen MR) is 142 cm³/mol. The Bertz CT molecular complexity index is 1700. The molecular formula is C26H25F3N6O3S. The van der Waals surface area contributed by atoms with Crippen molar-refractivity contribution in [1.29, 1.82) is 0 Å². The van der Waals surface area contributed by atoms with Crippen molar-refractivity contribution in [3.8, 4) is 11.1 Å². The maximum Gasteiger partial charge on any atom is 0.301 e. The molecule has 0 aliphatic carbocycles. The van der Waals surface area contributed by atoms with E-state index in [0.29, 0.717) is 11.9 Å². The van der Waals surface area contributed by atoms with Gasteiger partial charge in [-0.15, -0.1) is 0 Å². The highest BCUT2D eigenvalue weighted by atomic mass is 32.2.